The summed E-state index contributed by atoms with van der Waals surface area (Å²) in [6, 6.07) is 5.06. The molecule has 158 valence electrons. The van der Waals surface area contributed by atoms with Crippen LogP contribution in [0.3, 0.4) is 0 Å². The van der Waals surface area contributed by atoms with Crippen molar-refractivity contribution >= 4 is 36.0 Å². The van der Waals surface area contributed by atoms with Crippen LogP contribution in [0.25, 0.3) is 18.0 Å². The normalized spacial score (nSPS) is 18.8. The summed E-state index contributed by atoms with van der Waals surface area (Å²) in [6.45, 7) is 4.29. The van der Waals surface area contributed by atoms with E-state index < -0.39 is 0 Å². The molecule has 3 rings (SSSR count). The molecule has 1 aromatic carbocycles. The Kier molecular flexibility index (Phi) is 8.06. The topological polar surface area (TPSA) is 71.8 Å². The quantitative estimate of drug-likeness (QED) is 0.397. The Bertz CT molecular complexity index is 868. The van der Waals surface area contributed by atoms with Gasteiger partial charge in [-0.15, -0.1) is 0 Å². The van der Waals surface area contributed by atoms with Crippen LogP contribution in [-0.4, -0.2) is 50.8 Å². The third-order valence-corrected chi connectivity index (χ3v) is 5.46. The lowest BCUT2D eigenvalue weighted by molar-refractivity contribution is 0.306. The first-order chi connectivity index (χ1) is 14.1. The molecule has 0 bridgehead atoms. The molecule has 6 nitrogen and oxygen atoms in total. The van der Waals surface area contributed by atoms with Crippen molar-refractivity contribution in [2.24, 2.45) is 5.73 Å². The van der Waals surface area contributed by atoms with Crippen LogP contribution >= 0.6 is 12.3 Å². The number of hydrogen-bond donors (Lipinski definition) is 3. The van der Waals surface area contributed by atoms with E-state index in [1.165, 1.54) is 16.0 Å². The maximum absolute atomic E-state index is 5.88. The van der Waals surface area contributed by atoms with Gasteiger partial charge >= 0.3 is 0 Å². The van der Waals surface area contributed by atoms with Gasteiger partial charge in [0.2, 0.25) is 0 Å². The van der Waals surface area contributed by atoms with Gasteiger partial charge in [0.05, 0.1) is 13.7 Å². The molecule has 0 aliphatic carbocycles. The van der Waals surface area contributed by atoms with Crippen LogP contribution in [0.4, 0.5) is 5.69 Å². The van der Waals surface area contributed by atoms with Crippen LogP contribution in [0.2, 0.25) is 0 Å². The zero-order chi connectivity index (χ0) is 20.6. The Hall–Kier alpha value is -1.93. The van der Waals surface area contributed by atoms with Crippen molar-refractivity contribution in [3.05, 3.63) is 46.4 Å². The number of rotatable bonds is 10. The van der Waals surface area contributed by atoms with Crippen molar-refractivity contribution in [2.45, 2.75) is 31.8 Å². The number of nitrogens with one attached hydrogen (secondary N) is 2. The number of dihydropyridines is 1. The van der Waals surface area contributed by atoms with Gasteiger partial charge in [-0.1, -0.05) is 18.2 Å². The molecule has 2 atom stereocenters. The van der Waals surface area contributed by atoms with Crippen LogP contribution in [0.15, 0.2) is 30.4 Å². The molecular formula is C22H32N4O2S. The minimum atomic E-state index is 0.226. The maximum Gasteiger partial charge on any atom is 0.158 e. The Balaban J connectivity index is 1.91. The molecule has 0 saturated carbocycles. The fraction of sp³-hybridized carbons (Fsp3) is 0.455. The largest absolute Gasteiger partial charge is 0.382 e. The third-order valence-electron chi connectivity index (χ3n) is 5.06. The van der Waals surface area contributed by atoms with Gasteiger partial charge in [0.25, 0.3) is 0 Å². The second kappa shape index (κ2) is 10.7. The lowest BCUT2D eigenvalue weighted by Crippen LogP contribution is -2.38. The zero-order valence-electron chi connectivity index (χ0n) is 17.5. The van der Waals surface area contributed by atoms with E-state index in [4.69, 9.17) is 14.1 Å². The Morgan fingerprint density at radius 3 is 3.00 bits per heavy atom. The summed E-state index contributed by atoms with van der Waals surface area (Å²) < 4.78 is 10.3. The highest BCUT2D eigenvalue weighted by Crippen LogP contribution is 2.18. The summed E-state index contributed by atoms with van der Waals surface area (Å²) in [6.07, 6.45) is 12.6. The van der Waals surface area contributed by atoms with E-state index in [1.807, 2.05) is 0 Å². The molecule has 0 aromatic heterocycles. The molecule has 0 radical (unpaired) electrons. The second-order valence-corrected chi connectivity index (χ2v) is 8.17. The summed E-state index contributed by atoms with van der Waals surface area (Å²) in [5, 5.41) is 9.77. The lowest BCUT2D eigenvalue weighted by Gasteiger charge is -2.24. The Morgan fingerprint density at radius 1 is 1.38 bits per heavy atom. The van der Waals surface area contributed by atoms with Gasteiger partial charge in [-0.25, -0.2) is 0 Å². The predicted octanol–water partition coefficient (Wildman–Crippen LogP) is 1.78. The molecule has 29 heavy (non-hydrogen) atoms. The lowest BCUT2D eigenvalue weighted by atomic mass is 10.0. The number of nitrogens with two attached hydrogens (primary N) is 1. The van der Waals surface area contributed by atoms with Crippen molar-refractivity contribution < 1.29 is 8.37 Å². The number of hydrogen-bond acceptors (Lipinski definition) is 7. The highest BCUT2D eigenvalue weighted by atomic mass is 32.2. The van der Waals surface area contributed by atoms with Crippen LogP contribution in [-0.2, 0) is 8.37 Å². The van der Waals surface area contributed by atoms with Crippen LogP contribution in [0, 0.1) is 0 Å². The number of anilines is 1. The first kappa shape index (κ1) is 21.8. The minimum Gasteiger partial charge on any atom is -0.382 e. The summed E-state index contributed by atoms with van der Waals surface area (Å²) in [5.41, 5.74) is 9.34. The molecule has 2 aliphatic heterocycles. The van der Waals surface area contributed by atoms with E-state index in [0.29, 0.717) is 19.2 Å². The van der Waals surface area contributed by atoms with E-state index in [9.17, 15) is 0 Å². The van der Waals surface area contributed by atoms with Gasteiger partial charge in [-0.3, -0.25) is 8.37 Å². The van der Waals surface area contributed by atoms with Gasteiger partial charge in [-0.05, 0) is 49.7 Å². The van der Waals surface area contributed by atoms with Crippen molar-refractivity contribution in [1.29, 1.82) is 0 Å². The highest BCUT2D eigenvalue weighted by molar-refractivity contribution is 7.89. The number of benzene rings is 1. The average Bonchev–Trinajstić information content (AvgIpc) is 2.71. The van der Waals surface area contributed by atoms with E-state index >= 15 is 0 Å². The minimum absolute atomic E-state index is 0.226. The Labute approximate surface area is 177 Å². The first-order valence-electron chi connectivity index (χ1n) is 10.1. The van der Waals surface area contributed by atoms with Crippen molar-refractivity contribution in [1.82, 2.24) is 10.2 Å². The molecule has 7 heteroatoms. The van der Waals surface area contributed by atoms with Gasteiger partial charge < -0.3 is 21.3 Å². The molecule has 4 N–H and O–H groups in total. The molecular weight excluding hydrogens is 384 g/mol. The van der Waals surface area contributed by atoms with E-state index in [-0.39, 0.29) is 6.04 Å². The van der Waals surface area contributed by atoms with Gasteiger partial charge in [0.1, 0.15) is 0 Å². The number of allylic oxidation sites excluding steroid dienone is 2. The zero-order valence-corrected chi connectivity index (χ0v) is 18.3. The summed E-state index contributed by atoms with van der Waals surface area (Å²) in [4.78, 5) is 2.20. The predicted molar refractivity (Wildman–Crippen MR) is 123 cm³/mol. The molecule has 0 saturated heterocycles. The molecule has 0 amide bonds. The average molecular weight is 417 g/mol. The van der Waals surface area contributed by atoms with Gasteiger partial charge in [0, 0.05) is 54.0 Å². The summed E-state index contributed by atoms with van der Waals surface area (Å²) in [7, 11) is 3.70. The van der Waals surface area contributed by atoms with Crippen LogP contribution < -0.4 is 26.8 Å². The van der Waals surface area contributed by atoms with Crippen molar-refractivity contribution in [3.63, 3.8) is 0 Å². The summed E-state index contributed by atoms with van der Waals surface area (Å²) >= 11 is 1.02. The molecule has 2 unspecified atom stereocenters. The van der Waals surface area contributed by atoms with Gasteiger partial charge in [-0.2, -0.15) is 0 Å². The van der Waals surface area contributed by atoms with E-state index in [1.54, 1.807) is 7.11 Å². The molecule has 0 fully saturated rings. The number of nitrogens with zero attached hydrogens (tertiary/aromatic N) is 1. The smallest absolute Gasteiger partial charge is 0.158 e. The molecule has 1 aromatic rings. The Morgan fingerprint density at radius 2 is 2.24 bits per heavy atom. The maximum atomic E-state index is 5.88. The fourth-order valence-corrected chi connectivity index (χ4v) is 3.86. The van der Waals surface area contributed by atoms with Crippen molar-refractivity contribution in [2.75, 3.05) is 39.2 Å². The molecule has 2 heterocycles. The van der Waals surface area contributed by atoms with Crippen LogP contribution in [0.1, 0.15) is 25.3 Å². The fourth-order valence-electron chi connectivity index (χ4n) is 3.60. The second-order valence-electron chi connectivity index (χ2n) is 7.46. The van der Waals surface area contributed by atoms with Crippen molar-refractivity contribution in [3.8, 4) is 0 Å². The van der Waals surface area contributed by atoms with E-state index in [2.05, 4.69) is 72.1 Å². The molecule has 0 spiro atoms. The third kappa shape index (κ3) is 6.02. The SMILES string of the molecule is COSOCCC(CCN)Nc1cc(C2=CC=CC(C)N2)cc2c1=CN(C)CC=2. The monoisotopic (exact) mass is 416 g/mol. The standard InChI is InChI=1S/C22H32N4O2S/c1-16-5-4-6-21(24-16)18-13-17-8-11-26(2)15-20(17)22(14-18)25-19(7-10-23)9-12-28-29-27-3/h4-6,8,13-16,19,24-25H,7,9-12,23H2,1-3H3. The van der Waals surface area contributed by atoms with Crippen LogP contribution in [0.5, 0.6) is 0 Å². The van der Waals surface area contributed by atoms with Gasteiger partial charge in [0.15, 0.2) is 12.3 Å². The number of fused-ring (bicyclic) bond motifs is 1. The highest BCUT2D eigenvalue weighted by Gasteiger charge is 2.14. The summed E-state index contributed by atoms with van der Waals surface area (Å²) in [5.74, 6) is 0. The van der Waals surface area contributed by atoms with E-state index in [0.717, 1.165) is 43.1 Å². The first-order valence-corrected chi connectivity index (χ1v) is 10.8. The molecule has 2 aliphatic rings.